The molecule has 1 aromatic rings. The van der Waals surface area contributed by atoms with E-state index in [1.165, 1.54) is 12.8 Å². The van der Waals surface area contributed by atoms with E-state index in [1.54, 1.807) is 6.26 Å². The number of furan rings is 1. The van der Waals surface area contributed by atoms with Crippen LogP contribution < -0.4 is 0 Å². The summed E-state index contributed by atoms with van der Waals surface area (Å²) in [7, 11) is 0. The lowest BCUT2D eigenvalue weighted by Gasteiger charge is -2.27. The molecule has 1 unspecified atom stereocenters. The number of carboxylic acids is 1. The maximum Gasteiger partial charge on any atom is 0.303 e. The van der Waals surface area contributed by atoms with Crippen LogP contribution in [-0.4, -0.2) is 28.1 Å². The highest BCUT2D eigenvalue weighted by atomic mass is 16.4. The summed E-state index contributed by atoms with van der Waals surface area (Å²) in [4.78, 5) is 13.0. The first kappa shape index (κ1) is 12.2. The van der Waals surface area contributed by atoms with Crippen LogP contribution in [0, 0.1) is 0 Å². The lowest BCUT2D eigenvalue weighted by molar-refractivity contribution is -0.137. The predicted octanol–water partition coefficient (Wildman–Crippen LogP) is 2.50. The van der Waals surface area contributed by atoms with Gasteiger partial charge in [0.25, 0.3) is 0 Å². The highest BCUT2D eigenvalue weighted by Gasteiger charge is 2.32. The maximum absolute atomic E-state index is 10.6. The molecule has 2 rings (SSSR count). The van der Waals surface area contributed by atoms with Crippen LogP contribution in [0.2, 0.25) is 0 Å². The molecule has 0 aromatic carbocycles. The van der Waals surface area contributed by atoms with Gasteiger partial charge in [0, 0.05) is 18.5 Å². The number of nitrogens with zero attached hydrogens (tertiary/aromatic N) is 1. The van der Waals surface area contributed by atoms with Gasteiger partial charge in [0.1, 0.15) is 5.76 Å². The summed E-state index contributed by atoms with van der Waals surface area (Å²) in [6, 6.07) is 4.77. The molecular formula is C13H19NO3. The number of carbonyl (C=O) groups is 1. The van der Waals surface area contributed by atoms with E-state index >= 15 is 0 Å². The van der Waals surface area contributed by atoms with Crippen molar-refractivity contribution < 1.29 is 14.3 Å². The monoisotopic (exact) mass is 237 g/mol. The molecule has 94 valence electrons. The lowest BCUT2D eigenvalue weighted by Crippen LogP contribution is -2.34. The Morgan fingerprint density at radius 2 is 2.41 bits per heavy atom. The van der Waals surface area contributed by atoms with Gasteiger partial charge in [0.05, 0.1) is 12.8 Å². The van der Waals surface area contributed by atoms with Gasteiger partial charge in [0.15, 0.2) is 0 Å². The first-order valence-electron chi connectivity index (χ1n) is 6.16. The Morgan fingerprint density at radius 1 is 1.65 bits per heavy atom. The topological polar surface area (TPSA) is 53.7 Å². The van der Waals surface area contributed by atoms with Crippen LogP contribution in [0.1, 0.15) is 38.4 Å². The van der Waals surface area contributed by atoms with Crippen LogP contribution in [0.25, 0.3) is 0 Å². The van der Waals surface area contributed by atoms with Gasteiger partial charge in [0.2, 0.25) is 0 Å². The molecule has 0 amide bonds. The smallest absolute Gasteiger partial charge is 0.303 e. The van der Waals surface area contributed by atoms with E-state index in [4.69, 9.17) is 9.52 Å². The van der Waals surface area contributed by atoms with Crippen molar-refractivity contribution in [1.82, 2.24) is 4.90 Å². The summed E-state index contributed by atoms with van der Waals surface area (Å²) in [6.07, 6.45) is 5.06. The van der Waals surface area contributed by atoms with Crippen molar-refractivity contribution in [1.29, 1.82) is 0 Å². The van der Waals surface area contributed by atoms with E-state index in [0.29, 0.717) is 18.5 Å². The number of aliphatic carboxylic acids is 1. The molecule has 17 heavy (non-hydrogen) atoms. The molecule has 0 radical (unpaired) electrons. The SMILES string of the molecule is CC(CCC(=O)O)N(Cc1ccco1)C1CC1. The third-order valence-electron chi connectivity index (χ3n) is 3.28. The van der Waals surface area contributed by atoms with E-state index in [-0.39, 0.29) is 6.42 Å². The normalized spacial score (nSPS) is 17.3. The summed E-state index contributed by atoms with van der Waals surface area (Å²) in [6.45, 7) is 2.89. The van der Waals surface area contributed by atoms with Crippen molar-refractivity contribution in [3.8, 4) is 0 Å². The molecule has 4 nitrogen and oxygen atoms in total. The molecule has 1 saturated carbocycles. The molecule has 0 aliphatic heterocycles. The Labute approximate surface area is 101 Å². The molecule has 1 fully saturated rings. The van der Waals surface area contributed by atoms with Crippen LogP contribution in [-0.2, 0) is 11.3 Å². The second-order valence-corrected chi connectivity index (χ2v) is 4.76. The molecule has 1 atom stereocenters. The van der Waals surface area contributed by atoms with E-state index in [9.17, 15) is 4.79 Å². The van der Waals surface area contributed by atoms with Crippen LogP contribution in [0.15, 0.2) is 22.8 Å². The van der Waals surface area contributed by atoms with Crippen molar-refractivity contribution in [2.24, 2.45) is 0 Å². The zero-order chi connectivity index (χ0) is 12.3. The van der Waals surface area contributed by atoms with Gasteiger partial charge in [-0.1, -0.05) is 0 Å². The quantitative estimate of drug-likeness (QED) is 0.791. The Morgan fingerprint density at radius 3 is 2.94 bits per heavy atom. The number of hydrogen-bond acceptors (Lipinski definition) is 3. The third kappa shape index (κ3) is 3.60. The van der Waals surface area contributed by atoms with Gasteiger partial charge in [-0.05, 0) is 38.3 Å². The summed E-state index contributed by atoms with van der Waals surface area (Å²) in [5, 5.41) is 8.72. The van der Waals surface area contributed by atoms with Gasteiger partial charge >= 0.3 is 5.97 Å². The fraction of sp³-hybridized carbons (Fsp3) is 0.615. The average Bonchev–Trinajstić information content (AvgIpc) is 3.00. The molecule has 1 aliphatic carbocycles. The minimum Gasteiger partial charge on any atom is -0.481 e. The standard InChI is InChI=1S/C13H19NO3/c1-10(4-7-13(15)16)14(11-5-6-11)9-12-3-2-8-17-12/h2-3,8,10-11H,4-7,9H2,1H3,(H,15,16). The fourth-order valence-electron chi connectivity index (χ4n) is 2.13. The van der Waals surface area contributed by atoms with Gasteiger partial charge in [-0.3, -0.25) is 9.69 Å². The van der Waals surface area contributed by atoms with E-state index in [2.05, 4.69) is 11.8 Å². The van der Waals surface area contributed by atoms with Crippen molar-refractivity contribution in [3.05, 3.63) is 24.2 Å². The minimum atomic E-state index is -0.717. The molecule has 1 heterocycles. The Balaban J connectivity index is 1.89. The Hall–Kier alpha value is -1.29. The van der Waals surface area contributed by atoms with Crippen molar-refractivity contribution in [2.45, 2.75) is 51.2 Å². The number of hydrogen-bond donors (Lipinski definition) is 1. The van der Waals surface area contributed by atoms with Crippen LogP contribution in [0.5, 0.6) is 0 Å². The average molecular weight is 237 g/mol. The van der Waals surface area contributed by atoms with Crippen LogP contribution in [0.3, 0.4) is 0 Å². The molecule has 0 spiro atoms. The maximum atomic E-state index is 10.6. The molecule has 1 aliphatic rings. The predicted molar refractivity (Wildman–Crippen MR) is 63.6 cm³/mol. The molecule has 0 saturated heterocycles. The van der Waals surface area contributed by atoms with Crippen LogP contribution in [0.4, 0.5) is 0 Å². The summed E-state index contributed by atoms with van der Waals surface area (Å²) < 4.78 is 5.36. The summed E-state index contributed by atoms with van der Waals surface area (Å²) >= 11 is 0. The number of rotatable bonds is 7. The first-order chi connectivity index (χ1) is 8.16. The molecule has 1 N–H and O–H groups in total. The van der Waals surface area contributed by atoms with Gasteiger partial charge < -0.3 is 9.52 Å². The third-order valence-corrected chi connectivity index (χ3v) is 3.28. The van der Waals surface area contributed by atoms with Gasteiger partial charge in [-0.25, -0.2) is 0 Å². The molecular weight excluding hydrogens is 218 g/mol. The number of carboxylic acid groups (broad SMARTS) is 1. The Kier molecular flexibility index (Phi) is 3.84. The van der Waals surface area contributed by atoms with Crippen molar-refractivity contribution in [2.75, 3.05) is 0 Å². The van der Waals surface area contributed by atoms with Gasteiger partial charge in [-0.15, -0.1) is 0 Å². The zero-order valence-corrected chi connectivity index (χ0v) is 10.1. The molecule has 4 heteroatoms. The molecule has 1 aromatic heterocycles. The summed E-state index contributed by atoms with van der Waals surface area (Å²) in [5.74, 6) is 0.240. The summed E-state index contributed by atoms with van der Waals surface area (Å²) in [5.41, 5.74) is 0. The molecule has 0 bridgehead atoms. The van der Waals surface area contributed by atoms with Crippen molar-refractivity contribution in [3.63, 3.8) is 0 Å². The lowest BCUT2D eigenvalue weighted by atomic mass is 10.1. The van der Waals surface area contributed by atoms with E-state index in [0.717, 1.165) is 12.3 Å². The highest BCUT2D eigenvalue weighted by molar-refractivity contribution is 5.66. The minimum absolute atomic E-state index is 0.239. The second-order valence-electron chi connectivity index (χ2n) is 4.76. The Bertz CT molecular complexity index is 357. The van der Waals surface area contributed by atoms with E-state index < -0.39 is 5.97 Å². The largest absolute Gasteiger partial charge is 0.481 e. The van der Waals surface area contributed by atoms with E-state index in [1.807, 2.05) is 12.1 Å². The fourth-order valence-corrected chi connectivity index (χ4v) is 2.13. The second kappa shape index (κ2) is 5.36. The first-order valence-corrected chi connectivity index (χ1v) is 6.16. The zero-order valence-electron chi connectivity index (χ0n) is 10.1. The van der Waals surface area contributed by atoms with Crippen LogP contribution >= 0.6 is 0 Å². The van der Waals surface area contributed by atoms with Crippen molar-refractivity contribution >= 4 is 5.97 Å². The van der Waals surface area contributed by atoms with Gasteiger partial charge in [-0.2, -0.15) is 0 Å². The highest BCUT2D eigenvalue weighted by Crippen LogP contribution is 2.31.